The molecule has 3 aromatic carbocycles. The molecule has 0 aliphatic carbocycles. The van der Waals surface area contributed by atoms with Crippen molar-refractivity contribution in [1.29, 1.82) is 0 Å². The van der Waals surface area contributed by atoms with Gasteiger partial charge in [0.05, 0.1) is 20.6 Å². The van der Waals surface area contributed by atoms with E-state index in [-0.39, 0.29) is 17.3 Å². The lowest BCUT2D eigenvalue weighted by Gasteiger charge is -2.32. The number of halogens is 2. The third kappa shape index (κ3) is 7.36. The van der Waals surface area contributed by atoms with Gasteiger partial charge in [-0.1, -0.05) is 66.0 Å². The van der Waals surface area contributed by atoms with Crippen LogP contribution in [0.15, 0.2) is 65.6 Å². The number of amides is 2. The van der Waals surface area contributed by atoms with Crippen molar-refractivity contribution in [3.8, 4) is 0 Å². The molecule has 1 atom stereocenters. The van der Waals surface area contributed by atoms with Crippen molar-refractivity contribution >= 4 is 50.7 Å². The Labute approximate surface area is 247 Å². The Bertz CT molecular complexity index is 1480. The van der Waals surface area contributed by atoms with E-state index < -0.39 is 28.5 Å². The summed E-state index contributed by atoms with van der Waals surface area (Å²) in [6, 6.07) is 15.9. The monoisotopic (exact) mass is 603 g/mol. The predicted octanol–water partition coefficient (Wildman–Crippen LogP) is 6.06. The van der Waals surface area contributed by atoms with Crippen LogP contribution in [0.3, 0.4) is 0 Å². The number of hydrogen-bond acceptors (Lipinski definition) is 4. The SMILES string of the molecule is CCCNC(=O)[C@@H](C)N(Cc1ccc(Cl)c(Cl)c1)C(=O)CN(c1cccc(C)c1C)S(=O)(=O)c1ccc(C)cc1. The molecule has 214 valence electrons. The van der Waals surface area contributed by atoms with E-state index in [0.717, 1.165) is 27.4 Å². The Hall–Kier alpha value is -3.07. The summed E-state index contributed by atoms with van der Waals surface area (Å²) >= 11 is 12.3. The van der Waals surface area contributed by atoms with Gasteiger partial charge in [-0.15, -0.1) is 0 Å². The average Bonchev–Trinajstić information content (AvgIpc) is 2.92. The largest absolute Gasteiger partial charge is 0.354 e. The molecule has 7 nitrogen and oxygen atoms in total. The van der Waals surface area contributed by atoms with Crippen molar-refractivity contribution in [3.63, 3.8) is 0 Å². The van der Waals surface area contributed by atoms with Crippen molar-refractivity contribution in [1.82, 2.24) is 10.2 Å². The molecule has 3 rings (SSSR count). The van der Waals surface area contributed by atoms with Crippen LogP contribution in [0.1, 0.15) is 42.5 Å². The normalized spacial score (nSPS) is 12.1. The quantitative estimate of drug-likeness (QED) is 0.289. The first kappa shape index (κ1) is 31.5. The van der Waals surface area contributed by atoms with E-state index in [4.69, 9.17) is 23.2 Å². The minimum Gasteiger partial charge on any atom is -0.354 e. The molecule has 1 N–H and O–H groups in total. The summed E-state index contributed by atoms with van der Waals surface area (Å²) in [7, 11) is -4.14. The number of carbonyl (C=O) groups is 2. The molecule has 0 saturated heterocycles. The lowest BCUT2D eigenvalue weighted by molar-refractivity contribution is -0.139. The first-order valence-electron chi connectivity index (χ1n) is 13.0. The molecule has 40 heavy (non-hydrogen) atoms. The second-order valence-electron chi connectivity index (χ2n) is 9.78. The van der Waals surface area contributed by atoms with Gasteiger partial charge < -0.3 is 10.2 Å². The molecule has 3 aromatic rings. The van der Waals surface area contributed by atoms with Crippen molar-refractivity contribution in [2.75, 3.05) is 17.4 Å². The Morgan fingerprint density at radius 3 is 2.25 bits per heavy atom. The third-order valence-corrected chi connectivity index (χ3v) is 9.30. The molecule has 0 unspecified atom stereocenters. The van der Waals surface area contributed by atoms with Gasteiger partial charge >= 0.3 is 0 Å². The molecule has 0 saturated carbocycles. The minimum atomic E-state index is -4.14. The number of hydrogen-bond donors (Lipinski definition) is 1. The average molecular weight is 605 g/mol. The van der Waals surface area contributed by atoms with E-state index >= 15 is 0 Å². The first-order chi connectivity index (χ1) is 18.9. The Balaban J connectivity index is 2.07. The van der Waals surface area contributed by atoms with Gasteiger partial charge in [0.1, 0.15) is 12.6 Å². The van der Waals surface area contributed by atoms with Crippen molar-refractivity contribution in [2.45, 2.75) is 58.5 Å². The highest BCUT2D eigenvalue weighted by Gasteiger charge is 2.33. The van der Waals surface area contributed by atoms with Gasteiger partial charge in [-0.25, -0.2) is 8.42 Å². The number of sulfonamides is 1. The molecule has 0 spiro atoms. The highest BCUT2D eigenvalue weighted by molar-refractivity contribution is 7.92. The van der Waals surface area contributed by atoms with Crippen LogP contribution in [-0.2, 0) is 26.2 Å². The van der Waals surface area contributed by atoms with E-state index in [0.29, 0.717) is 27.8 Å². The Morgan fingerprint density at radius 2 is 1.62 bits per heavy atom. The fourth-order valence-corrected chi connectivity index (χ4v) is 5.96. The maximum absolute atomic E-state index is 14.0. The maximum atomic E-state index is 14.0. The zero-order valence-corrected chi connectivity index (χ0v) is 25.7. The fraction of sp³-hybridized carbons (Fsp3) is 0.333. The minimum absolute atomic E-state index is 0.0294. The summed E-state index contributed by atoms with van der Waals surface area (Å²) in [6.45, 7) is 9.10. The maximum Gasteiger partial charge on any atom is 0.264 e. The molecule has 0 aromatic heterocycles. The molecule has 2 amide bonds. The number of nitrogens with one attached hydrogen (secondary N) is 1. The fourth-order valence-electron chi connectivity index (χ4n) is 4.17. The second-order valence-corrected chi connectivity index (χ2v) is 12.5. The van der Waals surface area contributed by atoms with Crippen LogP contribution >= 0.6 is 23.2 Å². The van der Waals surface area contributed by atoms with Crippen molar-refractivity contribution in [3.05, 3.63) is 93.0 Å². The van der Waals surface area contributed by atoms with Gasteiger partial charge in [0.15, 0.2) is 0 Å². The molecule has 10 heteroatoms. The number of benzene rings is 3. The van der Waals surface area contributed by atoms with Crippen LogP contribution in [0.4, 0.5) is 5.69 Å². The van der Waals surface area contributed by atoms with Crippen LogP contribution in [0.2, 0.25) is 10.0 Å². The third-order valence-electron chi connectivity index (χ3n) is 6.79. The van der Waals surface area contributed by atoms with Crippen LogP contribution in [0, 0.1) is 20.8 Å². The summed E-state index contributed by atoms with van der Waals surface area (Å²) in [4.78, 5) is 28.4. The molecular weight excluding hydrogens is 569 g/mol. The lowest BCUT2D eigenvalue weighted by atomic mass is 10.1. The zero-order chi connectivity index (χ0) is 29.6. The van der Waals surface area contributed by atoms with Crippen LogP contribution in [-0.4, -0.2) is 44.3 Å². The van der Waals surface area contributed by atoms with Gasteiger partial charge in [-0.3, -0.25) is 13.9 Å². The molecule has 0 fully saturated rings. The summed E-state index contributed by atoms with van der Waals surface area (Å²) in [5, 5.41) is 3.50. The lowest BCUT2D eigenvalue weighted by Crippen LogP contribution is -2.51. The van der Waals surface area contributed by atoms with Crippen LogP contribution in [0.5, 0.6) is 0 Å². The molecule has 0 radical (unpaired) electrons. The Kier molecular flexibility index (Phi) is 10.6. The van der Waals surface area contributed by atoms with E-state index in [1.54, 1.807) is 49.4 Å². The van der Waals surface area contributed by atoms with Crippen molar-refractivity contribution in [2.24, 2.45) is 0 Å². The number of carbonyl (C=O) groups excluding carboxylic acids is 2. The standard InChI is InChI=1S/C30H35Cl2N3O4S/c1-6-16-33-30(37)23(5)34(18-24-12-15-26(31)27(32)17-24)29(36)19-35(28-9-7-8-21(3)22(28)4)40(38,39)25-13-10-20(2)11-14-25/h7-15,17,23H,6,16,18-19H2,1-5H3,(H,33,37)/t23-/m1/s1. The van der Waals surface area contributed by atoms with E-state index in [9.17, 15) is 18.0 Å². The second kappa shape index (κ2) is 13.5. The van der Waals surface area contributed by atoms with E-state index in [1.807, 2.05) is 33.8 Å². The number of nitrogens with zero attached hydrogens (tertiary/aromatic N) is 2. The number of anilines is 1. The summed E-state index contributed by atoms with van der Waals surface area (Å²) in [5.74, 6) is -0.878. The molecule has 0 bridgehead atoms. The van der Waals surface area contributed by atoms with E-state index in [2.05, 4.69) is 5.32 Å². The summed E-state index contributed by atoms with van der Waals surface area (Å²) < 4.78 is 29.1. The van der Waals surface area contributed by atoms with Gasteiger partial charge in [0.2, 0.25) is 11.8 Å². The van der Waals surface area contributed by atoms with Crippen molar-refractivity contribution < 1.29 is 18.0 Å². The Morgan fingerprint density at radius 1 is 0.950 bits per heavy atom. The molecule has 0 heterocycles. The van der Waals surface area contributed by atoms with E-state index in [1.165, 1.54) is 17.0 Å². The van der Waals surface area contributed by atoms with Gasteiger partial charge in [-0.2, -0.15) is 0 Å². The predicted molar refractivity (Wildman–Crippen MR) is 161 cm³/mol. The molecular formula is C30H35Cl2N3O4S. The topological polar surface area (TPSA) is 86.8 Å². The van der Waals surface area contributed by atoms with Gasteiger partial charge in [-0.05, 0) is 81.1 Å². The zero-order valence-electron chi connectivity index (χ0n) is 23.4. The highest BCUT2D eigenvalue weighted by atomic mass is 35.5. The van der Waals surface area contributed by atoms with Gasteiger partial charge in [0, 0.05) is 13.1 Å². The highest BCUT2D eigenvalue weighted by Crippen LogP contribution is 2.30. The first-order valence-corrected chi connectivity index (χ1v) is 15.2. The van der Waals surface area contributed by atoms with Crippen LogP contribution < -0.4 is 9.62 Å². The van der Waals surface area contributed by atoms with Crippen LogP contribution in [0.25, 0.3) is 0 Å². The summed E-state index contributed by atoms with van der Waals surface area (Å²) in [5.41, 5.74) is 3.57. The number of rotatable bonds is 11. The summed E-state index contributed by atoms with van der Waals surface area (Å²) in [6.07, 6.45) is 0.731. The smallest absolute Gasteiger partial charge is 0.264 e. The number of aryl methyl sites for hydroxylation is 2. The van der Waals surface area contributed by atoms with Gasteiger partial charge in [0.25, 0.3) is 10.0 Å². The molecule has 0 aliphatic heterocycles. The molecule has 0 aliphatic rings.